The molecule has 0 bridgehead atoms. The Balaban J connectivity index is 2.15. The maximum atomic E-state index is 13.5. The lowest BCUT2D eigenvalue weighted by atomic mass is 9.89. The van der Waals surface area contributed by atoms with E-state index in [0.29, 0.717) is 6.61 Å². The average Bonchev–Trinajstić information content (AvgIpc) is 2.72. The van der Waals surface area contributed by atoms with Gasteiger partial charge < -0.3 is 10.5 Å². The van der Waals surface area contributed by atoms with Gasteiger partial charge in [0, 0.05) is 18.2 Å². The van der Waals surface area contributed by atoms with Gasteiger partial charge in [-0.25, -0.2) is 8.78 Å². The summed E-state index contributed by atoms with van der Waals surface area (Å²) in [5, 5.41) is 0. The van der Waals surface area contributed by atoms with Gasteiger partial charge in [-0.05, 0) is 38.3 Å². The molecule has 0 aliphatic carbocycles. The fraction of sp³-hybridized carbons (Fsp3) is 0.538. The quantitative estimate of drug-likeness (QED) is 0.882. The molecule has 1 heterocycles. The normalized spacial score (nSPS) is 26.1. The summed E-state index contributed by atoms with van der Waals surface area (Å²) in [5.41, 5.74) is 5.61. The Labute approximate surface area is 99.8 Å². The van der Waals surface area contributed by atoms with E-state index in [9.17, 15) is 8.78 Å². The first kappa shape index (κ1) is 12.5. The predicted molar refractivity (Wildman–Crippen MR) is 61.6 cm³/mol. The van der Waals surface area contributed by atoms with Crippen molar-refractivity contribution >= 4 is 0 Å². The van der Waals surface area contributed by atoms with Crippen LogP contribution in [0.5, 0.6) is 0 Å². The Morgan fingerprint density at radius 2 is 2.06 bits per heavy atom. The van der Waals surface area contributed by atoms with Crippen molar-refractivity contribution in [3.63, 3.8) is 0 Å². The first-order valence-corrected chi connectivity index (χ1v) is 5.85. The minimum absolute atomic E-state index is 0.0525. The standard InChI is InChI=1S/C13H17F2NO/c1-13(6-3-7-17-13)12(16)8-9-10(14)4-2-5-11(9)15/h2,4-5,12H,3,6-8,16H2,1H3. The highest BCUT2D eigenvalue weighted by Crippen LogP contribution is 2.30. The van der Waals surface area contributed by atoms with Crippen molar-refractivity contribution in [3.05, 3.63) is 35.4 Å². The molecule has 0 amide bonds. The largest absolute Gasteiger partial charge is 0.374 e. The van der Waals surface area contributed by atoms with Crippen molar-refractivity contribution in [1.82, 2.24) is 0 Å². The number of ether oxygens (including phenoxy) is 1. The zero-order chi connectivity index (χ0) is 12.5. The maximum absolute atomic E-state index is 13.5. The fourth-order valence-corrected chi connectivity index (χ4v) is 2.26. The molecule has 1 aromatic carbocycles. The second-order valence-electron chi connectivity index (χ2n) is 4.78. The molecule has 4 heteroatoms. The van der Waals surface area contributed by atoms with Crippen molar-refractivity contribution in [3.8, 4) is 0 Å². The predicted octanol–water partition coefficient (Wildman–Crippen LogP) is 2.40. The highest BCUT2D eigenvalue weighted by Gasteiger charge is 2.36. The van der Waals surface area contributed by atoms with E-state index in [-0.39, 0.29) is 12.0 Å². The molecule has 1 fully saturated rings. The van der Waals surface area contributed by atoms with Crippen LogP contribution in [0.3, 0.4) is 0 Å². The minimum Gasteiger partial charge on any atom is -0.374 e. The van der Waals surface area contributed by atoms with Gasteiger partial charge in [-0.15, -0.1) is 0 Å². The van der Waals surface area contributed by atoms with E-state index in [1.165, 1.54) is 18.2 Å². The lowest BCUT2D eigenvalue weighted by Crippen LogP contribution is -2.46. The van der Waals surface area contributed by atoms with E-state index in [0.717, 1.165) is 12.8 Å². The number of rotatable bonds is 3. The summed E-state index contributed by atoms with van der Waals surface area (Å²) in [7, 11) is 0. The van der Waals surface area contributed by atoms with Crippen LogP contribution in [0.1, 0.15) is 25.3 Å². The van der Waals surface area contributed by atoms with Crippen molar-refractivity contribution < 1.29 is 13.5 Å². The highest BCUT2D eigenvalue weighted by atomic mass is 19.1. The topological polar surface area (TPSA) is 35.2 Å². The molecule has 2 unspecified atom stereocenters. The summed E-state index contributed by atoms with van der Waals surface area (Å²) in [5.74, 6) is -1.08. The molecule has 1 aliphatic heterocycles. The number of hydrogen-bond acceptors (Lipinski definition) is 2. The Kier molecular flexibility index (Phi) is 3.45. The van der Waals surface area contributed by atoms with Gasteiger partial charge in [-0.1, -0.05) is 6.07 Å². The average molecular weight is 241 g/mol. The van der Waals surface area contributed by atoms with Crippen molar-refractivity contribution in [2.75, 3.05) is 6.61 Å². The molecular formula is C13H17F2NO. The molecule has 2 atom stereocenters. The van der Waals surface area contributed by atoms with Gasteiger partial charge in [0.15, 0.2) is 0 Å². The van der Waals surface area contributed by atoms with E-state index < -0.39 is 23.3 Å². The van der Waals surface area contributed by atoms with E-state index in [2.05, 4.69) is 0 Å². The SMILES string of the molecule is CC1(C(N)Cc2c(F)cccc2F)CCCO1. The fourth-order valence-electron chi connectivity index (χ4n) is 2.26. The maximum Gasteiger partial charge on any atom is 0.129 e. The van der Waals surface area contributed by atoms with E-state index in [1.807, 2.05) is 6.92 Å². The minimum atomic E-state index is -0.540. The van der Waals surface area contributed by atoms with Crippen LogP contribution >= 0.6 is 0 Å². The van der Waals surface area contributed by atoms with Gasteiger partial charge in [0.1, 0.15) is 11.6 Å². The Bertz CT molecular complexity index is 382. The van der Waals surface area contributed by atoms with E-state index in [1.54, 1.807) is 0 Å². The molecular weight excluding hydrogens is 224 g/mol. The first-order chi connectivity index (χ1) is 8.03. The lowest BCUT2D eigenvalue weighted by molar-refractivity contribution is -0.00124. The third-order valence-electron chi connectivity index (χ3n) is 3.52. The van der Waals surface area contributed by atoms with Crippen LogP contribution in [0.15, 0.2) is 18.2 Å². The first-order valence-electron chi connectivity index (χ1n) is 5.85. The van der Waals surface area contributed by atoms with E-state index in [4.69, 9.17) is 10.5 Å². The molecule has 17 heavy (non-hydrogen) atoms. The van der Waals surface area contributed by atoms with Crippen LogP contribution in [0.2, 0.25) is 0 Å². The van der Waals surface area contributed by atoms with Gasteiger partial charge >= 0.3 is 0 Å². The number of benzene rings is 1. The molecule has 2 nitrogen and oxygen atoms in total. The number of halogens is 2. The van der Waals surface area contributed by atoms with Gasteiger partial charge in [-0.2, -0.15) is 0 Å². The second kappa shape index (κ2) is 4.70. The van der Waals surface area contributed by atoms with Crippen LogP contribution in [-0.2, 0) is 11.2 Å². The Morgan fingerprint density at radius 1 is 1.41 bits per heavy atom. The van der Waals surface area contributed by atoms with E-state index >= 15 is 0 Å². The third-order valence-corrected chi connectivity index (χ3v) is 3.52. The van der Waals surface area contributed by atoms with Crippen LogP contribution < -0.4 is 5.73 Å². The van der Waals surface area contributed by atoms with Gasteiger partial charge in [-0.3, -0.25) is 0 Å². The summed E-state index contributed by atoms with van der Waals surface area (Å²) in [4.78, 5) is 0. The lowest BCUT2D eigenvalue weighted by Gasteiger charge is -2.30. The molecule has 0 radical (unpaired) electrons. The van der Waals surface area contributed by atoms with Crippen molar-refractivity contribution in [1.29, 1.82) is 0 Å². The van der Waals surface area contributed by atoms with Crippen LogP contribution in [0, 0.1) is 11.6 Å². The summed E-state index contributed by atoms with van der Waals surface area (Å²) in [6.45, 7) is 2.58. The number of nitrogens with two attached hydrogens (primary N) is 1. The van der Waals surface area contributed by atoms with Gasteiger partial charge in [0.25, 0.3) is 0 Å². The summed E-state index contributed by atoms with van der Waals surface area (Å²) >= 11 is 0. The summed E-state index contributed by atoms with van der Waals surface area (Å²) in [6, 6.07) is 3.47. The third kappa shape index (κ3) is 2.48. The summed E-state index contributed by atoms with van der Waals surface area (Å²) in [6.07, 6.45) is 1.95. The monoisotopic (exact) mass is 241 g/mol. The Hall–Kier alpha value is -1.00. The molecule has 0 aromatic heterocycles. The molecule has 2 rings (SSSR count). The molecule has 0 saturated carbocycles. The smallest absolute Gasteiger partial charge is 0.129 e. The zero-order valence-corrected chi connectivity index (χ0v) is 9.88. The van der Waals surface area contributed by atoms with Crippen molar-refractivity contribution in [2.24, 2.45) is 5.73 Å². The zero-order valence-electron chi connectivity index (χ0n) is 9.88. The Morgan fingerprint density at radius 3 is 2.59 bits per heavy atom. The molecule has 1 aromatic rings. The van der Waals surface area contributed by atoms with Gasteiger partial charge in [0.2, 0.25) is 0 Å². The molecule has 1 aliphatic rings. The highest BCUT2D eigenvalue weighted by molar-refractivity contribution is 5.21. The molecule has 94 valence electrons. The molecule has 2 N–H and O–H groups in total. The molecule has 0 spiro atoms. The van der Waals surface area contributed by atoms with Crippen LogP contribution in [0.25, 0.3) is 0 Å². The summed E-state index contributed by atoms with van der Waals surface area (Å²) < 4.78 is 32.6. The number of hydrogen-bond donors (Lipinski definition) is 1. The van der Waals surface area contributed by atoms with Gasteiger partial charge in [0.05, 0.1) is 5.60 Å². The van der Waals surface area contributed by atoms with Crippen LogP contribution in [0.4, 0.5) is 8.78 Å². The van der Waals surface area contributed by atoms with Crippen molar-refractivity contribution in [2.45, 2.75) is 37.8 Å². The molecule has 1 saturated heterocycles. The van der Waals surface area contributed by atoms with Crippen LogP contribution in [-0.4, -0.2) is 18.2 Å². The second-order valence-corrected chi connectivity index (χ2v) is 4.78.